The second-order valence-electron chi connectivity index (χ2n) is 6.28. The zero-order valence-electron chi connectivity index (χ0n) is 12.0. The predicted octanol–water partition coefficient (Wildman–Crippen LogP) is 1.87. The van der Waals surface area contributed by atoms with E-state index in [4.69, 9.17) is 0 Å². The lowest BCUT2D eigenvalue weighted by atomic mass is 9.91. The van der Waals surface area contributed by atoms with Crippen molar-refractivity contribution in [2.24, 2.45) is 11.8 Å². The summed E-state index contributed by atoms with van der Waals surface area (Å²) in [5.74, 6) is 1.20. The van der Waals surface area contributed by atoms with Crippen molar-refractivity contribution in [3.8, 4) is 0 Å². The van der Waals surface area contributed by atoms with E-state index in [1.54, 1.807) is 0 Å². The standard InChI is InChI=1S/C14H28N2O2S/c1-12(14-7-9-15-10-8-14)16-19(17,18)11-13-5-3-2-4-6-13/h12-16H,2-11H2,1H3. The molecule has 0 aromatic rings. The Balaban J connectivity index is 1.81. The average molecular weight is 288 g/mol. The van der Waals surface area contributed by atoms with Crippen LogP contribution in [0.25, 0.3) is 0 Å². The van der Waals surface area contributed by atoms with Crippen molar-refractivity contribution in [1.29, 1.82) is 0 Å². The quantitative estimate of drug-likeness (QED) is 0.812. The molecule has 2 rings (SSSR count). The number of piperidine rings is 1. The van der Waals surface area contributed by atoms with Gasteiger partial charge >= 0.3 is 0 Å². The average Bonchev–Trinajstić information content (AvgIpc) is 2.39. The van der Waals surface area contributed by atoms with Gasteiger partial charge in [0, 0.05) is 6.04 Å². The highest BCUT2D eigenvalue weighted by Crippen LogP contribution is 2.25. The van der Waals surface area contributed by atoms with E-state index in [1.807, 2.05) is 6.92 Å². The molecule has 0 amide bonds. The van der Waals surface area contributed by atoms with Gasteiger partial charge in [0.15, 0.2) is 0 Å². The van der Waals surface area contributed by atoms with Gasteiger partial charge in [0.05, 0.1) is 5.75 Å². The minimum atomic E-state index is -3.10. The van der Waals surface area contributed by atoms with Crippen LogP contribution in [0.3, 0.4) is 0 Å². The molecule has 5 heteroatoms. The Hall–Kier alpha value is -0.130. The molecule has 1 heterocycles. The van der Waals surface area contributed by atoms with E-state index in [0.29, 0.717) is 17.6 Å². The molecule has 1 atom stereocenters. The zero-order valence-corrected chi connectivity index (χ0v) is 12.8. The highest BCUT2D eigenvalue weighted by molar-refractivity contribution is 7.89. The number of sulfonamides is 1. The summed E-state index contributed by atoms with van der Waals surface area (Å²) in [5, 5.41) is 3.32. The number of hydrogen-bond donors (Lipinski definition) is 2. The van der Waals surface area contributed by atoms with Gasteiger partial charge in [0.25, 0.3) is 0 Å². The third-order valence-electron chi connectivity index (χ3n) is 4.64. The van der Waals surface area contributed by atoms with Gasteiger partial charge in [0.1, 0.15) is 0 Å². The maximum atomic E-state index is 12.2. The zero-order chi connectivity index (χ0) is 13.7. The molecule has 1 saturated carbocycles. The van der Waals surface area contributed by atoms with Crippen molar-refractivity contribution < 1.29 is 8.42 Å². The molecule has 19 heavy (non-hydrogen) atoms. The van der Waals surface area contributed by atoms with E-state index in [2.05, 4.69) is 10.0 Å². The first-order chi connectivity index (χ1) is 9.07. The third kappa shape index (κ3) is 5.04. The Bertz CT molecular complexity index is 358. The van der Waals surface area contributed by atoms with Crippen molar-refractivity contribution in [1.82, 2.24) is 10.0 Å². The van der Waals surface area contributed by atoms with Gasteiger partial charge in [-0.25, -0.2) is 13.1 Å². The summed E-state index contributed by atoms with van der Waals surface area (Å²) in [6.07, 6.45) is 8.00. The van der Waals surface area contributed by atoms with E-state index >= 15 is 0 Å². The molecule has 112 valence electrons. The van der Waals surface area contributed by atoms with Crippen LogP contribution in [0.4, 0.5) is 0 Å². The van der Waals surface area contributed by atoms with E-state index in [0.717, 1.165) is 38.8 Å². The Labute approximate surface area is 117 Å². The molecule has 1 saturated heterocycles. The molecule has 2 fully saturated rings. The topological polar surface area (TPSA) is 58.2 Å². The summed E-state index contributed by atoms with van der Waals surface area (Å²) in [4.78, 5) is 0. The van der Waals surface area contributed by atoms with Crippen LogP contribution in [0.15, 0.2) is 0 Å². The molecule has 2 aliphatic rings. The van der Waals surface area contributed by atoms with Gasteiger partial charge in [-0.05, 0) is 57.5 Å². The Morgan fingerprint density at radius 1 is 1.11 bits per heavy atom. The summed E-state index contributed by atoms with van der Waals surface area (Å²) in [6.45, 7) is 4.05. The van der Waals surface area contributed by atoms with Crippen LogP contribution in [-0.2, 0) is 10.0 Å². The number of hydrogen-bond acceptors (Lipinski definition) is 3. The molecule has 2 N–H and O–H groups in total. The fourth-order valence-electron chi connectivity index (χ4n) is 3.44. The molecule has 0 aromatic heterocycles. The SMILES string of the molecule is CC(NS(=O)(=O)CC1CCCCC1)C1CCNCC1. The fraction of sp³-hybridized carbons (Fsp3) is 1.00. The molecule has 4 nitrogen and oxygen atoms in total. The van der Waals surface area contributed by atoms with Gasteiger partial charge in [-0.2, -0.15) is 0 Å². The van der Waals surface area contributed by atoms with Crippen LogP contribution in [0, 0.1) is 11.8 Å². The smallest absolute Gasteiger partial charge is 0.212 e. The van der Waals surface area contributed by atoms with E-state index < -0.39 is 10.0 Å². The normalized spacial score (nSPS) is 25.3. The lowest BCUT2D eigenvalue weighted by Gasteiger charge is -2.29. The summed E-state index contributed by atoms with van der Waals surface area (Å²) in [6, 6.07) is 0.0793. The van der Waals surface area contributed by atoms with Gasteiger partial charge in [-0.3, -0.25) is 0 Å². The first-order valence-corrected chi connectivity index (χ1v) is 9.43. The minimum absolute atomic E-state index is 0.0793. The van der Waals surface area contributed by atoms with E-state index in [-0.39, 0.29) is 6.04 Å². The van der Waals surface area contributed by atoms with Crippen LogP contribution in [0.5, 0.6) is 0 Å². The van der Waals surface area contributed by atoms with Crippen LogP contribution in [0.1, 0.15) is 51.9 Å². The summed E-state index contributed by atoms with van der Waals surface area (Å²) >= 11 is 0. The fourth-order valence-corrected chi connectivity index (χ4v) is 5.24. The van der Waals surface area contributed by atoms with E-state index in [9.17, 15) is 8.42 Å². The van der Waals surface area contributed by atoms with Crippen molar-refractivity contribution in [3.05, 3.63) is 0 Å². The number of nitrogens with one attached hydrogen (secondary N) is 2. The first kappa shape index (κ1) is 15.3. The van der Waals surface area contributed by atoms with Crippen molar-refractivity contribution in [2.75, 3.05) is 18.8 Å². The third-order valence-corrected chi connectivity index (χ3v) is 6.28. The minimum Gasteiger partial charge on any atom is -0.317 e. The molecular formula is C14H28N2O2S. The van der Waals surface area contributed by atoms with Crippen LogP contribution in [-0.4, -0.2) is 33.3 Å². The molecular weight excluding hydrogens is 260 g/mol. The summed E-state index contributed by atoms with van der Waals surface area (Å²) in [5.41, 5.74) is 0. The molecule has 1 aliphatic heterocycles. The molecule has 1 unspecified atom stereocenters. The number of rotatable bonds is 5. The lowest BCUT2D eigenvalue weighted by Crippen LogP contribution is -2.44. The Kier molecular flexibility index (Phi) is 5.66. The van der Waals surface area contributed by atoms with Crippen molar-refractivity contribution in [3.63, 3.8) is 0 Å². The maximum absolute atomic E-state index is 12.2. The monoisotopic (exact) mass is 288 g/mol. The van der Waals surface area contributed by atoms with Crippen LogP contribution >= 0.6 is 0 Å². The predicted molar refractivity (Wildman–Crippen MR) is 78.6 cm³/mol. The Morgan fingerprint density at radius 3 is 2.37 bits per heavy atom. The summed E-state index contributed by atoms with van der Waals surface area (Å²) < 4.78 is 27.4. The van der Waals surface area contributed by atoms with Crippen molar-refractivity contribution >= 4 is 10.0 Å². The molecule has 0 aromatic carbocycles. The van der Waals surface area contributed by atoms with Gasteiger partial charge in [-0.1, -0.05) is 19.3 Å². The molecule has 0 spiro atoms. The highest BCUT2D eigenvalue weighted by atomic mass is 32.2. The second kappa shape index (κ2) is 7.04. The summed E-state index contributed by atoms with van der Waals surface area (Å²) in [7, 11) is -3.10. The van der Waals surface area contributed by atoms with Crippen LogP contribution in [0.2, 0.25) is 0 Å². The van der Waals surface area contributed by atoms with Crippen molar-refractivity contribution in [2.45, 2.75) is 57.9 Å². The second-order valence-corrected chi connectivity index (χ2v) is 8.08. The molecule has 0 radical (unpaired) electrons. The first-order valence-electron chi connectivity index (χ1n) is 7.77. The highest BCUT2D eigenvalue weighted by Gasteiger charge is 2.26. The maximum Gasteiger partial charge on any atom is 0.212 e. The molecule has 0 bridgehead atoms. The Morgan fingerprint density at radius 2 is 1.74 bits per heavy atom. The van der Waals surface area contributed by atoms with Gasteiger partial charge < -0.3 is 5.32 Å². The lowest BCUT2D eigenvalue weighted by molar-refractivity contribution is 0.314. The molecule has 1 aliphatic carbocycles. The van der Waals surface area contributed by atoms with E-state index in [1.165, 1.54) is 19.3 Å². The van der Waals surface area contributed by atoms with Crippen LogP contribution < -0.4 is 10.0 Å². The largest absolute Gasteiger partial charge is 0.317 e. The van der Waals surface area contributed by atoms with Gasteiger partial charge in [0.2, 0.25) is 10.0 Å². The van der Waals surface area contributed by atoms with Gasteiger partial charge in [-0.15, -0.1) is 0 Å².